The Balaban J connectivity index is 2.29. The zero-order valence-corrected chi connectivity index (χ0v) is 9.69. The van der Waals surface area contributed by atoms with Crippen LogP contribution in [-0.2, 0) is 0 Å². The maximum absolute atomic E-state index is 8.44. The predicted molar refractivity (Wildman–Crippen MR) is 61.2 cm³/mol. The average molecular weight is 214 g/mol. The summed E-state index contributed by atoms with van der Waals surface area (Å²) in [6.07, 6.45) is 3.14. The Morgan fingerprint density at radius 1 is 1.67 bits per heavy atom. The number of amidine groups is 1. The van der Waals surface area contributed by atoms with E-state index >= 15 is 0 Å². The van der Waals surface area contributed by atoms with Gasteiger partial charge in [-0.2, -0.15) is 0 Å². The van der Waals surface area contributed by atoms with Gasteiger partial charge in [0.05, 0.1) is 0 Å². The Morgan fingerprint density at radius 3 is 3.00 bits per heavy atom. The number of hydrogen-bond donors (Lipinski definition) is 2. The van der Waals surface area contributed by atoms with Crippen molar-refractivity contribution in [2.45, 2.75) is 25.3 Å². The third-order valence-corrected chi connectivity index (χ3v) is 3.07. The third-order valence-electron chi connectivity index (χ3n) is 3.07. The maximum atomic E-state index is 8.44. The molecule has 0 radical (unpaired) electrons. The van der Waals surface area contributed by atoms with Gasteiger partial charge in [0.1, 0.15) is 5.84 Å². The molecule has 0 bridgehead atoms. The van der Waals surface area contributed by atoms with Crippen LogP contribution in [0.3, 0.4) is 0 Å². The topological polar surface area (TPSA) is 65.1 Å². The largest absolute Gasteiger partial charge is 0.409 e. The van der Waals surface area contributed by atoms with Crippen molar-refractivity contribution in [1.82, 2.24) is 9.80 Å². The molecule has 0 aromatic carbocycles. The van der Waals surface area contributed by atoms with Gasteiger partial charge in [-0.1, -0.05) is 5.16 Å². The van der Waals surface area contributed by atoms with E-state index in [-0.39, 0.29) is 0 Å². The average Bonchev–Trinajstić information content (AvgIpc) is 2.25. The molecule has 1 heterocycles. The molecule has 0 aromatic heterocycles. The highest BCUT2D eigenvalue weighted by molar-refractivity contribution is 5.79. The first-order valence-electron chi connectivity index (χ1n) is 5.48. The summed E-state index contributed by atoms with van der Waals surface area (Å²) >= 11 is 0. The first-order chi connectivity index (χ1) is 7.13. The van der Waals surface area contributed by atoms with E-state index in [9.17, 15) is 0 Å². The van der Waals surface area contributed by atoms with Crippen molar-refractivity contribution in [2.24, 2.45) is 10.9 Å². The summed E-state index contributed by atoms with van der Waals surface area (Å²) in [5.74, 6) is 0.311. The number of nitrogens with two attached hydrogens (primary N) is 1. The summed E-state index contributed by atoms with van der Waals surface area (Å²) in [6.45, 7) is 3.17. The van der Waals surface area contributed by atoms with Crippen LogP contribution in [0.25, 0.3) is 0 Å². The Hall–Kier alpha value is -0.810. The minimum atomic E-state index is 0.311. The van der Waals surface area contributed by atoms with Crippen LogP contribution >= 0.6 is 0 Å². The lowest BCUT2D eigenvalue weighted by atomic mass is 10.0. The molecule has 1 aliphatic rings. The molecular formula is C10H22N4O. The van der Waals surface area contributed by atoms with Gasteiger partial charge in [0.2, 0.25) is 0 Å². The number of piperidine rings is 1. The van der Waals surface area contributed by atoms with E-state index in [0.717, 1.165) is 13.1 Å². The van der Waals surface area contributed by atoms with Crippen LogP contribution in [0.1, 0.15) is 19.3 Å². The fourth-order valence-electron chi connectivity index (χ4n) is 2.02. The van der Waals surface area contributed by atoms with E-state index < -0.39 is 0 Å². The molecule has 1 fully saturated rings. The fourth-order valence-corrected chi connectivity index (χ4v) is 2.02. The first kappa shape index (κ1) is 12.3. The van der Waals surface area contributed by atoms with Gasteiger partial charge in [-0.25, -0.2) is 0 Å². The van der Waals surface area contributed by atoms with Crippen molar-refractivity contribution in [1.29, 1.82) is 0 Å². The Bertz CT molecular complexity index is 219. The van der Waals surface area contributed by atoms with Gasteiger partial charge in [0, 0.05) is 25.6 Å². The van der Waals surface area contributed by atoms with Gasteiger partial charge < -0.3 is 20.7 Å². The van der Waals surface area contributed by atoms with Crippen LogP contribution < -0.4 is 5.73 Å². The summed E-state index contributed by atoms with van der Waals surface area (Å²) in [7, 11) is 4.26. The molecule has 1 rings (SSSR count). The highest BCUT2D eigenvalue weighted by Crippen LogP contribution is 2.13. The minimum absolute atomic E-state index is 0.311. The number of likely N-dealkylation sites (tertiary alicyclic amines) is 1. The van der Waals surface area contributed by atoms with Crippen molar-refractivity contribution in [3.05, 3.63) is 0 Å². The molecule has 0 aliphatic carbocycles. The second kappa shape index (κ2) is 5.92. The van der Waals surface area contributed by atoms with Crippen molar-refractivity contribution in [3.63, 3.8) is 0 Å². The monoisotopic (exact) mass is 214 g/mol. The van der Waals surface area contributed by atoms with Crippen molar-refractivity contribution >= 4 is 5.84 Å². The van der Waals surface area contributed by atoms with Gasteiger partial charge in [-0.15, -0.1) is 0 Å². The van der Waals surface area contributed by atoms with Gasteiger partial charge >= 0.3 is 0 Å². The summed E-state index contributed by atoms with van der Waals surface area (Å²) in [4.78, 5) is 4.65. The van der Waals surface area contributed by atoms with E-state index in [1.54, 1.807) is 0 Å². The quantitative estimate of drug-likeness (QED) is 0.302. The summed E-state index contributed by atoms with van der Waals surface area (Å²) in [6, 6.07) is 0.607. The zero-order chi connectivity index (χ0) is 11.3. The summed E-state index contributed by atoms with van der Waals surface area (Å²) in [5.41, 5.74) is 5.44. The predicted octanol–water partition coefficient (Wildman–Crippen LogP) is 0.149. The zero-order valence-electron chi connectivity index (χ0n) is 9.69. The molecular weight excluding hydrogens is 192 g/mol. The van der Waals surface area contributed by atoms with Crippen molar-refractivity contribution in [2.75, 3.05) is 33.7 Å². The van der Waals surface area contributed by atoms with Crippen LogP contribution in [0.5, 0.6) is 0 Å². The molecule has 5 nitrogen and oxygen atoms in total. The van der Waals surface area contributed by atoms with Crippen LogP contribution in [0, 0.1) is 0 Å². The maximum Gasteiger partial charge on any atom is 0.140 e. The molecule has 0 spiro atoms. The van der Waals surface area contributed by atoms with E-state index in [1.807, 2.05) is 0 Å². The van der Waals surface area contributed by atoms with E-state index in [2.05, 4.69) is 29.1 Å². The smallest absolute Gasteiger partial charge is 0.140 e. The summed E-state index contributed by atoms with van der Waals surface area (Å²) in [5, 5.41) is 11.4. The lowest BCUT2D eigenvalue weighted by molar-refractivity contribution is 0.137. The van der Waals surface area contributed by atoms with Gasteiger partial charge in [-0.3, -0.25) is 0 Å². The lowest BCUT2D eigenvalue weighted by Crippen LogP contribution is -2.45. The Morgan fingerprint density at radius 2 is 2.40 bits per heavy atom. The molecule has 0 saturated carbocycles. The molecule has 5 heteroatoms. The van der Waals surface area contributed by atoms with Gasteiger partial charge in [-0.05, 0) is 33.5 Å². The molecule has 3 N–H and O–H groups in total. The minimum Gasteiger partial charge on any atom is -0.409 e. The number of rotatable bonds is 4. The molecule has 0 aromatic rings. The van der Waals surface area contributed by atoms with Crippen molar-refractivity contribution in [3.8, 4) is 0 Å². The number of hydrogen-bond acceptors (Lipinski definition) is 4. The molecule has 0 amide bonds. The Labute approximate surface area is 91.5 Å². The second-order valence-corrected chi connectivity index (χ2v) is 4.38. The van der Waals surface area contributed by atoms with Crippen molar-refractivity contribution < 1.29 is 5.21 Å². The first-order valence-corrected chi connectivity index (χ1v) is 5.48. The van der Waals surface area contributed by atoms with Crippen LogP contribution in [-0.4, -0.2) is 60.6 Å². The lowest BCUT2D eigenvalue weighted by Gasteiger charge is -2.35. The van der Waals surface area contributed by atoms with Gasteiger partial charge in [0.25, 0.3) is 0 Å². The molecule has 1 saturated heterocycles. The molecule has 1 aliphatic heterocycles. The molecule has 1 unspecified atom stereocenters. The second-order valence-electron chi connectivity index (χ2n) is 4.38. The van der Waals surface area contributed by atoms with Crippen LogP contribution in [0.4, 0.5) is 0 Å². The standard InChI is InChI=1S/C10H22N4O/c1-13-6-3-4-9(8-13)14(2)7-5-10(11)12-15/h9,15H,3-8H2,1-2H3,(H2,11,12). The highest BCUT2D eigenvalue weighted by Gasteiger charge is 2.20. The number of likely N-dealkylation sites (N-methyl/N-ethyl adjacent to an activating group) is 2. The normalized spacial score (nSPS) is 24.7. The molecule has 15 heavy (non-hydrogen) atoms. The third kappa shape index (κ3) is 4.05. The van der Waals surface area contributed by atoms with Gasteiger partial charge in [0.15, 0.2) is 0 Å². The van der Waals surface area contributed by atoms with E-state index in [0.29, 0.717) is 18.3 Å². The van der Waals surface area contributed by atoms with Crippen LogP contribution in [0.2, 0.25) is 0 Å². The SMILES string of the molecule is CN1CCCC(N(C)CCC(N)=NO)C1. The Kier molecular flexibility index (Phi) is 4.84. The fraction of sp³-hybridized carbons (Fsp3) is 0.900. The van der Waals surface area contributed by atoms with Crippen LogP contribution in [0.15, 0.2) is 5.16 Å². The highest BCUT2D eigenvalue weighted by atomic mass is 16.4. The van der Waals surface area contributed by atoms with E-state index in [1.165, 1.54) is 19.4 Å². The van der Waals surface area contributed by atoms with E-state index in [4.69, 9.17) is 10.9 Å². The summed E-state index contributed by atoms with van der Waals surface area (Å²) < 4.78 is 0. The molecule has 1 atom stereocenters. The number of oxime groups is 1. The number of nitrogens with zero attached hydrogens (tertiary/aromatic N) is 3. The molecule has 88 valence electrons.